The Morgan fingerprint density at radius 3 is 2.40 bits per heavy atom. The quantitative estimate of drug-likeness (QED) is 0.191. The number of alkyl halides is 2. The lowest BCUT2D eigenvalue weighted by Gasteiger charge is -2.17. The van der Waals surface area contributed by atoms with Gasteiger partial charge in [0.25, 0.3) is 15.9 Å². The van der Waals surface area contributed by atoms with E-state index in [-0.39, 0.29) is 46.1 Å². The minimum absolute atomic E-state index is 0.0161. The molecule has 0 saturated heterocycles. The number of H-pyrrole nitrogens is 1. The van der Waals surface area contributed by atoms with Gasteiger partial charge in [-0.1, -0.05) is 39.0 Å². The Balaban J connectivity index is 1.65. The predicted octanol–water partition coefficient (Wildman–Crippen LogP) is 4.73. The lowest BCUT2D eigenvalue weighted by molar-refractivity contribution is 0.100. The second kappa shape index (κ2) is 12.1. The van der Waals surface area contributed by atoms with Crippen LogP contribution in [0.1, 0.15) is 42.4 Å². The molecule has 11 nitrogen and oxygen atoms in total. The number of ether oxygens (including phenoxy) is 1. The summed E-state index contributed by atoms with van der Waals surface area (Å²) in [6.45, 7) is 5.95. The third-order valence-electron chi connectivity index (χ3n) is 5.99. The number of hydrogen-bond donors (Lipinski definition) is 4. The summed E-state index contributed by atoms with van der Waals surface area (Å²) in [5.41, 5.74) is 6.95. The number of sulfonamides is 1. The van der Waals surface area contributed by atoms with E-state index >= 15 is 0 Å². The van der Waals surface area contributed by atoms with E-state index < -0.39 is 27.5 Å². The van der Waals surface area contributed by atoms with E-state index in [0.717, 1.165) is 11.3 Å². The number of amides is 1. The van der Waals surface area contributed by atoms with Crippen LogP contribution >= 0.6 is 0 Å². The molecule has 0 aliphatic rings. The van der Waals surface area contributed by atoms with Crippen molar-refractivity contribution in [1.82, 2.24) is 20.2 Å². The Morgan fingerprint density at radius 1 is 1.10 bits per heavy atom. The maximum absolute atomic E-state index is 13.2. The molecule has 0 aliphatic heterocycles. The summed E-state index contributed by atoms with van der Waals surface area (Å²) in [5, 5.41) is 9.80. The van der Waals surface area contributed by atoms with E-state index in [1.165, 1.54) is 36.5 Å². The summed E-state index contributed by atoms with van der Waals surface area (Å²) in [6.07, 6.45) is 3.38. The molecule has 2 heterocycles. The van der Waals surface area contributed by atoms with Crippen LogP contribution < -0.4 is 20.5 Å². The number of carbonyl (C=O) groups is 1. The number of benzene rings is 2. The largest absolute Gasteiger partial charge is 0.491 e. The van der Waals surface area contributed by atoms with Gasteiger partial charge >= 0.3 is 5.76 Å². The molecule has 2 aromatic heterocycles. The van der Waals surface area contributed by atoms with E-state index in [4.69, 9.17) is 10.5 Å². The van der Waals surface area contributed by atoms with Crippen LogP contribution in [0.25, 0.3) is 11.3 Å². The number of anilines is 3. The first-order valence-corrected chi connectivity index (χ1v) is 14.1. The topological polar surface area (TPSA) is 165 Å². The number of nitrogens with zero attached hydrogens (tertiary/aromatic N) is 3. The molecule has 4 aromatic rings. The number of aromatic amines is 1. The maximum atomic E-state index is 13.2. The number of nitrogens with one attached hydrogen (secondary N) is 3. The number of primary amides is 1. The minimum atomic E-state index is -5.02. The Hall–Kier alpha value is -4.66. The molecule has 0 aliphatic carbocycles. The maximum Gasteiger partial charge on any atom is 0.355 e. The van der Waals surface area contributed by atoms with Crippen molar-refractivity contribution in [1.29, 1.82) is 0 Å². The standard InChI is InChI=1S/C27H28F3N7O4S/c1-27(2,3)20-13-33-21(14-32-20)34-25-22(24(31)38)23(35-36-25)16-6-9-18(37-42(39,40)26(29)30)19(12-16)41-11-10-15-4-7-17(28)8-5-15/h4-9,12-14,26,37H,10-11H2,1-3H3,(H2,31,38)(H2,33,34,35,36). The molecule has 1 amide bonds. The zero-order chi connectivity index (χ0) is 30.7. The Kier molecular flexibility index (Phi) is 8.70. The molecule has 15 heteroatoms. The first-order chi connectivity index (χ1) is 19.7. The molecule has 0 fully saturated rings. The number of carbonyl (C=O) groups excluding carboxylic acids is 1. The van der Waals surface area contributed by atoms with Gasteiger partial charge in [-0.25, -0.2) is 17.8 Å². The van der Waals surface area contributed by atoms with Crippen LogP contribution in [0.3, 0.4) is 0 Å². The zero-order valence-electron chi connectivity index (χ0n) is 22.8. The highest BCUT2D eigenvalue weighted by Crippen LogP contribution is 2.35. The monoisotopic (exact) mass is 603 g/mol. The smallest absolute Gasteiger partial charge is 0.355 e. The van der Waals surface area contributed by atoms with Gasteiger partial charge in [-0.2, -0.15) is 13.9 Å². The molecule has 4 rings (SSSR count). The van der Waals surface area contributed by atoms with Crippen LogP contribution in [0.5, 0.6) is 5.75 Å². The van der Waals surface area contributed by atoms with Gasteiger partial charge in [-0.05, 0) is 29.8 Å². The highest BCUT2D eigenvalue weighted by Gasteiger charge is 2.26. The van der Waals surface area contributed by atoms with Crippen molar-refractivity contribution in [2.45, 2.75) is 38.4 Å². The second-order valence-electron chi connectivity index (χ2n) is 10.2. The van der Waals surface area contributed by atoms with E-state index in [1.807, 2.05) is 25.5 Å². The summed E-state index contributed by atoms with van der Waals surface area (Å²) in [7, 11) is -5.02. The molecular weight excluding hydrogens is 575 g/mol. The highest BCUT2D eigenvalue weighted by molar-refractivity contribution is 7.93. The van der Waals surface area contributed by atoms with E-state index in [2.05, 4.69) is 25.5 Å². The molecule has 0 unspecified atom stereocenters. The van der Waals surface area contributed by atoms with E-state index in [9.17, 15) is 26.4 Å². The van der Waals surface area contributed by atoms with Crippen molar-refractivity contribution < 1.29 is 31.1 Å². The van der Waals surface area contributed by atoms with Crippen LogP contribution in [0.2, 0.25) is 0 Å². The zero-order valence-corrected chi connectivity index (χ0v) is 23.6. The summed E-state index contributed by atoms with van der Waals surface area (Å²) >= 11 is 0. The summed E-state index contributed by atoms with van der Waals surface area (Å²) in [4.78, 5) is 21.2. The second-order valence-corrected chi connectivity index (χ2v) is 11.8. The third kappa shape index (κ3) is 7.15. The van der Waals surface area contributed by atoms with Gasteiger partial charge in [0.2, 0.25) is 0 Å². The van der Waals surface area contributed by atoms with Crippen LogP contribution in [-0.4, -0.2) is 46.9 Å². The number of hydrogen-bond acceptors (Lipinski definition) is 8. The Morgan fingerprint density at radius 2 is 1.81 bits per heavy atom. The van der Waals surface area contributed by atoms with Crippen LogP contribution in [-0.2, 0) is 21.9 Å². The van der Waals surface area contributed by atoms with Crippen molar-refractivity contribution >= 4 is 33.3 Å². The van der Waals surface area contributed by atoms with E-state index in [0.29, 0.717) is 12.2 Å². The summed E-state index contributed by atoms with van der Waals surface area (Å²) < 4.78 is 70.7. The Bertz CT molecular complexity index is 1670. The van der Waals surface area contributed by atoms with Crippen LogP contribution in [0.15, 0.2) is 54.9 Å². The van der Waals surface area contributed by atoms with Crippen LogP contribution in [0, 0.1) is 5.82 Å². The number of halogens is 3. The summed E-state index contributed by atoms with van der Waals surface area (Å²) in [5.74, 6) is -4.63. The van der Waals surface area contributed by atoms with Crippen LogP contribution in [0.4, 0.5) is 30.5 Å². The van der Waals surface area contributed by atoms with Gasteiger partial charge in [0.15, 0.2) is 0 Å². The molecule has 222 valence electrons. The fraction of sp³-hybridized carbons (Fsp3) is 0.259. The van der Waals surface area contributed by atoms with Gasteiger partial charge < -0.3 is 15.8 Å². The van der Waals surface area contributed by atoms with Crippen molar-refractivity contribution in [3.8, 4) is 17.0 Å². The number of rotatable bonds is 11. The van der Waals surface area contributed by atoms with Gasteiger partial charge in [0.05, 0.1) is 30.4 Å². The molecule has 0 bridgehead atoms. The van der Waals surface area contributed by atoms with Crippen molar-refractivity contribution in [3.63, 3.8) is 0 Å². The van der Waals surface area contributed by atoms with Crippen molar-refractivity contribution in [2.24, 2.45) is 5.73 Å². The highest BCUT2D eigenvalue weighted by atomic mass is 32.2. The number of nitrogens with two attached hydrogens (primary N) is 1. The molecule has 2 aromatic carbocycles. The van der Waals surface area contributed by atoms with Crippen molar-refractivity contribution in [2.75, 3.05) is 16.6 Å². The van der Waals surface area contributed by atoms with Gasteiger partial charge in [-0.3, -0.25) is 19.6 Å². The molecule has 42 heavy (non-hydrogen) atoms. The summed E-state index contributed by atoms with van der Waals surface area (Å²) in [6, 6.07) is 9.54. The van der Waals surface area contributed by atoms with Gasteiger partial charge in [0, 0.05) is 17.4 Å². The average Bonchev–Trinajstić information content (AvgIpc) is 3.34. The van der Waals surface area contributed by atoms with Crippen molar-refractivity contribution in [3.05, 3.63) is 77.5 Å². The first kappa shape index (κ1) is 30.3. The normalized spacial score (nSPS) is 11.9. The fourth-order valence-electron chi connectivity index (χ4n) is 3.79. The predicted molar refractivity (Wildman–Crippen MR) is 151 cm³/mol. The van der Waals surface area contributed by atoms with Gasteiger partial charge in [0.1, 0.15) is 34.5 Å². The lowest BCUT2D eigenvalue weighted by Crippen LogP contribution is -2.21. The lowest BCUT2D eigenvalue weighted by atomic mass is 9.93. The third-order valence-corrected chi connectivity index (χ3v) is 6.96. The SMILES string of the molecule is CC(C)(C)c1cnc(Nc2[nH]nc(-c3ccc(NS(=O)(=O)C(F)F)c(OCCc4ccc(F)cc4)c3)c2C(N)=O)cn1. The fourth-order valence-corrected chi connectivity index (χ4v) is 4.35. The number of aromatic nitrogens is 4. The van der Waals surface area contributed by atoms with Gasteiger partial charge in [-0.15, -0.1) is 0 Å². The molecule has 0 radical (unpaired) electrons. The molecule has 0 saturated carbocycles. The Labute approximate surface area is 239 Å². The molecule has 5 N–H and O–H groups in total. The average molecular weight is 604 g/mol. The molecule has 0 spiro atoms. The first-order valence-electron chi connectivity index (χ1n) is 12.5. The minimum Gasteiger partial charge on any atom is -0.491 e. The van der Waals surface area contributed by atoms with E-state index in [1.54, 1.807) is 18.3 Å². The molecular formula is C27H28F3N7O4S. The molecule has 0 atom stereocenters.